The fourth-order valence-electron chi connectivity index (χ4n) is 1.66. The molecule has 0 saturated heterocycles. The number of ether oxygens (including phenoxy) is 1. The number of hydrazone groups is 1. The van der Waals surface area contributed by atoms with E-state index < -0.39 is 5.91 Å². The molecule has 126 valence electrons. The third-order valence-corrected chi connectivity index (χ3v) is 4.03. The molecule has 1 heterocycles. The molecule has 4 N–H and O–H groups in total. The van der Waals surface area contributed by atoms with Gasteiger partial charge >= 0.3 is 0 Å². The molecule has 0 radical (unpaired) electrons. The lowest BCUT2D eigenvalue weighted by molar-refractivity contribution is 0.0950. The summed E-state index contributed by atoms with van der Waals surface area (Å²) in [7, 11) is 1.48. The Kier molecular flexibility index (Phi) is 5.71. The van der Waals surface area contributed by atoms with Crippen LogP contribution < -0.4 is 15.9 Å². The SMILES string of the molecule is COc1ccc(O)c(C=NNC(=O)c2nc(Cl)c(Cl)c(N)c2Cl)c1. The molecule has 1 aromatic carbocycles. The van der Waals surface area contributed by atoms with Crippen molar-refractivity contribution in [3.8, 4) is 11.5 Å². The van der Waals surface area contributed by atoms with Crippen molar-refractivity contribution >= 4 is 52.6 Å². The zero-order chi connectivity index (χ0) is 17.9. The number of carbonyl (C=O) groups is 1. The fourth-order valence-corrected chi connectivity index (χ4v) is 2.25. The number of benzene rings is 1. The second kappa shape index (κ2) is 7.57. The normalized spacial score (nSPS) is 10.8. The zero-order valence-corrected chi connectivity index (χ0v) is 14.4. The Morgan fingerprint density at radius 3 is 2.75 bits per heavy atom. The van der Waals surface area contributed by atoms with Crippen LogP contribution in [0.4, 0.5) is 5.69 Å². The summed E-state index contributed by atoms with van der Waals surface area (Å²) in [5, 5.41) is 13.1. The Balaban J connectivity index is 2.20. The predicted molar refractivity (Wildman–Crippen MR) is 93.4 cm³/mol. The van der Waals surface area contributed by atoms with E-state index in [0.29, 0.717) is 11.3 Å². The van der Waals surface area contributed by atoms with Crippen molar-refractivity contribution in [1.29, 1.82) is 0 Å². The molecule has 7 nitrogen and oxygen atoms in total. The van der Waals surface area contributed by atoms with Gasteiger partial charge in [0.1, 0.15) is 16.5 Å². The lowest BCUT2D eigenvalue weighted by Gasteiger charge is -2.07. The first-order chi connectivity index (χ1) is 11.3. The molecule has 1 amide bonds. The number of phenolic OH excluding ortho intramolecular Hbond substituents is 1. The van der Waals surface area contributed by atoms with Crippen molar-refractivity contribution in [2.45, 2.75) is 0 Å². The van der Waals surface area contributed by atoms with Crippen LogP contribution in [0.1, 0.15) is 16.1 Å². The van der Waals surface area contributed by atoms with E-state index in [1.54, 1.807) is 6.07 Å². The van der Waals surface area contributed by atoms with Crippen molar-refractivity contribution in [2.24, 2.45) is 5.10 Å². The van der Waals surface area contributed by atoms with Crippen molar-refractivity contribution in [3.63, 3.8) is 0 Å². The van der Waals surface area contributed by atoms with Gasteiger partial charge in [-0.25, -0.2) is 10.4 Å². The van der Waals surface area contributed by atoms with E-state index in [4.69, 9.17) is 45.3 Å². The Hall–Kier alpha value is -2.22. The minimum atomic E-state index is -0.746. The second-order valence-corrected chi connectivity index (χ2v) is 5.53. The second-order valence-electron chi connectivity index (χ2n) is 4.42. The van der Waals surface area contributed by atoms with Gasteiger partial charge in [-0.3, -0.25) is 4.79 Å². The third kappa shape index (κ3) is 3.81. The molecule has 10 heteroatoms. The van der Waals surface area contributed by atoms with Crippen LogP contribution in [0.2, 0.25) is 15.2 Å². The van der Waals surface area contributed by atoms with Crippen LogP contribution in [0.3, 0.4) is 0 Å². The Bertz CT molecular complexity index is 827. The summed E-state index contributed by atoms with van der Waals surface area (Å²) >= 11 is 17.5. The lowest BCUT2D eigenvalue weighted by atomic mass is 10.2. The van der Waals surface area contributed by atoms with Gasteiger partial charge in [-0.15, -0.1) is 0 Å². The first kappa shape index (κ1) is 18.1. The molecule has 0 fully saturated rings. The van der Waals surface area contributed by atoms with Crippen LogP contribution in [0.15, 0.2) is 23.3 Å². The maximum Gasteiger partial charge on any atom is 0.291 e. The minimum Gasteiger partial charge on any atom is -0.507 e. The van der Waals surface area contributed by atoms with Crippen molar-refractivity contribution in [2.75, 3.05) is 12.8 Å². The summed E-state index contributed by atoms with van der Waals surface area (Å²) in [5.41, 5.74) is 7.89. The van der Waals surface area contributed by atoms with Gasteiger partial charge in [-0.2, -0.15) is 5.10 Å². The summed E-state index contributed by atoms with van der Waals surface area (Å²) in [5.74, 6) is -0.268. The van der Waals surface area contributed by atoms with Gasteiger partial charge in [0.2, 0.25) is 0 Å². The topological polar surface area (TPSA) is 110 Å². The van der Waals surface area contributed by atoms with E-state index in [9.17, 15) is 9.90 Å². The molecular weight excluding hydrogens is 379 g/mol. The molecule has 0 atom stereocenters. The smallest absolute Gasteiger partial charge is 0.291 e. The summed E-state index contributed by atoms with van der Waals surface area (Å²) in [6.07, 6.45) is 1.23. The number of nitrogen functional groups attached to an aromatic ring is 1. The van der Waals surface area contributed by atoms with Gasteiger partial charge in [-0.1, -0.05) is 34.8 Å². The number of nitrogens with zero attached hydrogens (tertiary/aromatic N) is 2. The number of phenols is 1. The quantitative estimate of drug-likeness (QED) is 0.423. The number of amides is 1. The Morgan fingerprint density at radius 1 is 1.38 bits per heavy atom. The van der Waals surface area contributed by atoms with Gasteiger partial charge < -0.3 is 15.6 Å². The van der Waals surface area contributed by atoms with Crippen molar-refractivity contribution in [1.82, 2.24) is 10.4 Å². The largest absolute Gasteiger partial charge is 0.507 e. The van der Waals surface area contributed by atoms with Crippen LogP contribution in [-0.2, 0) is 0 Å². The number of carbonyl (C=O) groups excluding carboxylic acids is 1. The number of halogens is 3. The van der Waals surface area contributed by atoms with E-state index in [0.717, 1.165) is 0 Å². The molecule has 0 aliphatic carbocycles. The average molecular weight is 390 g/mol. The maximum absolute atomic E-state index is 12.1. The highest BCUT2D eigenvalue weighted by atomic mass is 35.5. The first-order valence-electron chi connectivity index (χ1n) is 6.35. The number of aromatic hydroxyl groups is 1. The molecule has 0 spiro atoms. The molecule has 2 rings (SSSR count). The highest BCUT2D eigenvalue weighted by Crippen LogP contribution is 2.34. The number of hydrogen-bond donors (Lipinski definition) is 3. The molecule has 1 aromatic heterocycles. The molecule has 0 aliphatic rings. The standard InChI is InChI=1S/C14H11Cl3N4O3/c1-24-7-2-3-8(22)6(4-7)5-19-21-14(23)12-9(15)11(18)10(16)13(17)20-12/h2-5,22H,1H3,(H2,18,20)(H,21,23). The zero-order valence-electron chi connectivity index (χ0n) is 12.2. The van der Waals surface area contributed by atoms with Gasteiger partial charge in [-0.05, 0) is 18.2 Å². The monoisotopic (exact) mass is 388 g/mol. The van der Waals surface area contributed by atoms with Crippen LogP contribution in [0.5, 0.6) is 11.5 Å². The molecule has 2 aromatic rings. The molecule has 0 unspecified atom stereocenters. The van der Waals surface area contributed by atoms with E-state index in [1.165, 1.54) is 25.5 Å². The molecule has 0 bridgehead atoms. The van der Waals surface area contributed by atoms with E-state index in [1.807, 2.05) is 0 Å². The average Bonchev–Trinajstić information content (AvgIpc) is 2.57. The van der Waals surface area contributed by atoms with Crippen LogP contribution >= 0.6 is 34.8 Å². The van der Waals surface area contributed by atoms with Crippen molar-refractivity contribution < 1.29 is 14.6 Å². The Labute approximate surface area is 152 Å². The number of rotatable bonds is 4. The molecule has 0 saturated carbocycles. The van der Waals surface area contributed by atoms with E-state index >= 15 is 0 Å². The highest BCUT2D eigenvalue weighted by molar-refractivity contribution is 6.46. The summed E-state index contributed by atoms with van der Waals surface area (Å²) in [6.45, 7) is 0. The Morgan fingerprint density at radius 2 is 2.08 bits per heavy atom. The lowest BCUT2D eigenvalue weighted by Crippen LogP contribution is -2.20. The van der Waals surface area contributed by atoms with Crippen molar-refractivity contribution in [3.05, 3.63) is 44.7 Å². The predicted octanol–water partition coefficient (Wildman–Crippen LogP) is 3.10. The van der Waals surface area contributed by atoms with Crippen LogP contribution in [-0.4, -0.2) is 29.3 Å². The highest BCUT2D eigenvalue weighted by Gasteiger charge is 2.19. The molecular formula is C14H11Cl3N4O3. The van der Waals surface area contributed by atoms with Crippen LogP contribution in [0.25, 0.3) is 0 Å². The molecule has 24 heavy (non-hydrogen) atoms. The van der Waals surface area contributed by atoms with Gasteiger partial charge in [0.05, 0.1) is 24.0 Å². The van der Waals surface area contributed by atoms with Gasteiger partial charge in [0.25, 0.3) is 5.91 Å². The van der Waals surface area contributed by atoms with Gasteiger partial charge in [0, 0.05) is 5.56 Å². The van der Waals surface area contributed by atoms with Crippen LogP contribution in [0, 0.1) is 0 Å². The van der Waals surface area contributed by atoms with E-state index in [-0.39, 0.29) is 32.3 Å². The number of aromatic nitrogens is 1. The van der Waals surface area contributed by atoms with E-state index in [2.05, 4.69) is 15.5 Å². The fraction of sp³-hybridized carbons (Fsp3) is 0.0714. The summed E-state index contributed by atoms with van der Waals surface area (Å²) in [6, 6.07) is 4.54. The molecule has 0 aliphatic heterocycles. The first-order valence-corrected chi connectivity index (χ1v) is 7.49. The number of hydrogen-bond acceptors (Lipinski definition) is 6. The van der Waals surface area contributed by atoms with Gasteiger partial charge in [0.15, 0.2) is 10.8 Å². The number of nitrogens with one attached hydrogen (secondary N) is 1. The number of nitrogens with two attached hydrogens (primary N) is 1. The summed E-state index contributed by atoms with van der Waals surface area (Å²) < 4.78 is 5.03. The number of anilines is 1. The minimum absolute atomic E-state index is 0.0382. The number of methoxy groups -OCH3 is 1. The maximum atomic E-state index is 12.1. The summed E-state index contributed by atoms with van der Waals surface area (Å²) in [4.78, 5) is 15.8. The number of pyridine rings is 1. The third-order valence-electron chi connectivity index (χ3n) is 2.89.